The van der Waals surface area contributed by atoms with Crippen molar-refractivity contribution in [2.75, 3.05) is 11.1 Å². The second kappa shape index (κ2) is 7.92. The Kier molecular flexibility index (Phi) is 5.42. The summed E-state index contributed by atoms with van der Waals surface area (Å²) in [5, 5.41) is 23.1. The lowest BCUT2D eigenvalue weighted by Crippen LogP contribution is -2.14. The third kappa shape index (κ3) is 3.87. The first-order valence-corrected chi connectivity index (χ1v) is 9.34. The summed E-state index contributed by atoms with van der Waals surface area (Å²) in [5.41, 5.74) is 1.21. The van der Waals surface area contributed by atoms with Gasteiger partial charge in [-0.25, -0.2) is 0 Å². The van der Waals surface area contributed by atoms with Gasteiger partial charge in [-0.1, -0.05) is 17.8 Å². The Morgan fingerprint density at radius 2 is 2.28 bits per heavy atom. The molecule has 0 saturated heterocycles. The number of carbonyl (C=O) groups excluding carboxylic acids is 1. The highest BCUT2D eigenvalue weighted by Crippen LogP contribution is 2.25. The van der Waals surface area contributed by atoms with Crippen LogP contribution in [0.25, 0.3) is 11.5 Å². The summed E-state index contributed by atoms with van der Waals surface area (Å²) in [6, 6.07) is 9.34. The first-order chi connectivity index (χ1) is 12.2. The van der Waals surface area contributed by atoms with Crippen molar-refractivity contribution in [3.63, 3.8) is 0 Å². The maximum atomic E-state index is 12.1. The minimum atomic E-state index is -0.186. The number of pyridine rings is 1. The zero-order valence-corrected chi connectivity index (χ0v) is 15.0. The van der Waals surface area contributed by atoms with E-state index in [1.807, 2.05) is 35.8 Å². The van der Waals surface area contributed by atoms with Crippen LogP contribution < -0.4 is 5.32 Å². The molecule has 126 valence electrons. The number of amides is 1. The fraction of sp³-hybridized carbons (Fsp3) is 0.188. The van der Waals surface area contributed by atoms with Gasteiger partial charge in [0, 0.05) is 12.7 Å². The van der Waals surface area contributed by atoms with Gasteiger partial charge < -0.3 is 9.88 Å². The Morgan fingerprint density at radius 1 is 1.40 bits per heavy atom. The van der Waals surface area contributed by atoms with Gasteiger partial charge in [0.25, 0.3) is 0 Å². The topological polar surface area (TPSA) is 96.5 Å². The number of thiophene rings is 1. The number of carbonyl (C=O) groups is 1. The number of hydrogen-bond donors (Lipinski definition) is 1. The average Bonchev–Trinajstić information content (AvgIpc) is 3.26. The molecule has 0 radical (unpaired) electrons. The third-order valence-corrected chi connectivity index (χ3v) is 5.09. The van der Waals surface area contributed by atoms with E-state index in [0.717, 1.165) is 5.69 Å². The van der Waals surface area contributed by atoms with E-state index in [4.69, 9.17) is 5.26 Å². The summed E-state index contributed by atoms with van der Waals surface area (Å²) in [4.78, 5) is 16.4. The van der Waals surface area contributed by atoms with Gasteiger partial charge in [0.1, 0.15) is 16.8 Å². The Labute approximate surface area is 152 Å². The summed E-state index contributed by atoms with van der Waals surface area (Å²) >= 11 is 2.63. The van der Waals surface area contributed by atoms with Gasteiger partial charge in [-0.15, -0.1) is 21.5 Å². The fourth-order valence-electron chi connectivity index (χ4n) is 2.15. The highest BCUT2D eigenvalue weighted by atomic mass is 32.2. The van der Waals surface area contributed by atoms with Crippen molar-refractivity contribution in [1.29, 1.82) is 5.26 Å². The first-order valence-electron chi connectivity index (χ1n) is 7.47. The van der Waals surface area contributed by atoms with Crippen LogP contribution in [-0.4, -0.2) is 31.4 Å². The van der Waals surface area contributed by atoms with Crippen molar-refractivity contribution < 1.29 is 4.79 Å². The van der Waals surface area contributed by atoms with Crippen molar-refractivity contribution in [3.8, 4) is 17.6 Å². The lowest BCUT2D eigenvalue weighted by Gasteiger charge is -2.07. The van der Waals surface area contributed by atoms with Gasteiger partial charge in [0.2, 0.25) is 5.91 Å². The van der Waals surface area contributed by atoms with Crippen LogP contribution in [0.2, 0.25) is 0 Å². The number of nitrogens with one attached hydrogen (secondary N) is 1. The molecule has 0 aliphatic heterocycles. The Morgan fingerprint density at radius 3 is 3.00 bits per heavy atom. The minimum absolute atomic E-state index is 0.184. The zero-order valence-electron chi connectivity index (χ0n) is 13.3. The van der Waals surface area contributed by atoms with E-state index in [9.17, 15) is 4.79 Å². The van der Waals surface area contributed by atoms with Gasteiger partial charge in [0.05, 0.1) is 11.3 Å². The molecule has 0 aromatic carbocycles. The van der Waals surface area contributed by atoms with Crippen molar-refractivity contribution in [3.05, 3.63) is 41.4 Å². The highest BCUT2D eigenvalue weighted by molar-refractivity contribution is 7.99. The maximum Gasteiger partial charge on any atom is 0.235 e. The fourth-order valence-corrected chi connectivity index (χ4v) is 3.71. The third-order valence-electron chi connectivity index (χ3n) is 3.30. The molecule has 0 aliphatic carbocycles. The molecule has 3 aromatic rings. The van der Waals surface area contributed by atoms with Gasteiger partial charge >= 0.3 is 0 Å². The molecule has 0 atom stereocenters. The molecular formula is C16H14N6OS2. The summed E-state index contributed by atoms with van der Waals surface area (Å²) in [6.45, 7) is 2.66. The highest BCUT2D eigenvalue weighted by Gasteiger charge is 2.16. The van der Waals surface area contributed by atoms with E-state index >= 15 is 0 Å². The van der Waals surface area contributed by atoms with E-state index in [2.05, 4.69) is 20.5 Å². The molecule has 9 heteroatoms. The quantitative estimate of drug-likeness (QED) is 0.670. The smallest absolute Gasteiger partial charge is 0.235 e. The van der Waals surface area contributed by atoms with Crippen LogP contribution in [0.3, 0.4) is 0 Å². The van der Waals surface area contributed by atoms with Crippen LogP contribution >= 0.6 is 23.1 Å². The molecule has 3 rings (SSSR count). The van der Waals surface area contributed by atoms with Crippen LogP contribution in [0.4, 0.5) is 5.00 Å². The SMILES string of the molecule is CCn1c(SCC(=O)Nc2sccc2C#N)nnc1-c1ccccn1. The van der Waals surface area contributed by atoms with Crippen molar-refractivity contribution >= 4 is 34.0 Å². The molecule has 1 N–H and O–H groups in total. The summed E-state index contributed by atoms with van der Waals surface area (Å²) in [5.74, 6) is 0.674. The molecule has 0 fully saturated rings. The van der Waals surface area contributed by atoms with Gasteiger partial charge in [-0.2, -0.15) is 5.26 Å². The summed E-state index contributed by atoms with van der Waals surface area (Å²) in [6.07, 6.45) is 1.71. The molecule has 25 heavy (non-hydrogen) atoms. The number of hydrogen-bond acceptors (Lipinski definition) is 7. The molecule has 7 nitrogen and oxygen atoms in total. The standard InChI is InChI=1S/C16H14N6OS2/c1-2-22-14(12-5-3-4-7-18-12)20-21-16(22)25-10-13(23)19-15-11(9-17)6-8-24-15/h3-8H,2,10H2,1H3,(H,19,23). The van der Waals surface area contributed by atoms with Crippen LogP contribution in [0.1, 0.15) is 12.5 Å². The lowest BCUT2D eigenvalue weighted by atomic mass is 10.3. The van der Waals surface area contributed by atoms with Gasteiger partial charge in [-0.3, -0.25) is 9.78 Å². The van der Waals surface area contributed by atoms with Crippen LogP contribution in [0.5, 0.6) is 0 Å². The number of aromatic nitrogens is 4. The Bertz CT molecular complexity index is 912. The van der Waals surface area contributed by atoms with Crippen molar-refractivity contribution in [2.45, 2.75) is 18.6 Å². The predicted molar refractivity (Wildman–Crippen MR) is 97.3 cm³/mol. The molecule has 0 aliphatic rings. The zero-order chi connectivity index (χ0) is 17.6. The lowest BCUT2D eigenvalue weighted by molar-refractivity contribution is -0.113. The van der Waals surface area contributed by atoms with Crippen LogP contribution in [-0.2, 0) is 11.3 Å². The second-order valence-electron chi connectivity index (χ2n) is 4.88. The summed E-state index contributed by atoms with van der Waals surface area (Å²) < 4.78 is 1.92. The van der Waals surface area contributed by atoms with E-state index in [0.29, 0.717) is 28.1 Å². The largest absolute Gasteiger partial charge is 0.316 e. The summed E-state index contributed by atoms with van der Waals surface area (Å²) in [7, 11) is 0. The van der Waals surface area contributed by atoms with Crippen molar-refractivity contribution in [1.82, 2.24) is 19.7 Å². The minimum Gasteiger partial charge on any atom is -0.316 e. The predicted octanol–water partition coefficient (Wildman–Crippen LogP) is 3.02. The molecule has 0 unspecified atom stereocenters. The number of rotatable bonds is 6. The second-order valence-corrected chi connectivity index (χ2v) is 6.74. The molecule has 0 saturated carbocycles. The molecule has 3 aromatic heterocycles. The molecule has 0 bridgehead atoms. The van der Waals surface area contributed by atoms with Gasteiger partial charge in [0.15, 0.2) is 11.0 Å². The van der Waals surface area contributed by atoms with E-state index in [1.54, 1.807) is 17.6 Å². The van der Waals surface area contributed by atoms with Crippen molar-refractivity contribution in [2.24, 2.45) is 0 Å². The van der Waals surface area contributed by atoms with E-state index < -0.39 is 0 Å². The van der Waals surface area contributed by atoms with E-state index in [-0.39, 0.29) is 11.7 Å². The van der Waals surface area contributed by atoms with E-state index in [1.165, 1.54) is 23.1 Å². The van der Waals surface area contributed by atoms with Crippen LogP contribution in [0.15, 0.2) is 41.0 Å². The number of thioether (sulfide) groups is 1. The first kappa shape index (κ1) is 17.1. The number of nitrogens with zero attached hydrogens (tertiary/aromatic N) is 5. The molecular weight excluding hydrogens is 356 g/mol. The monoisotopic (exact) mass is 370 g/mol. The Hall–Kier alpha value is -2.70. The normalized spacial score (nSPS) is 10.4. The maximum absolute atomic E-state index is 12.1. The number of anilines is 1. The van der Waals surface area contributed by atoms with Gasteiger partial charge in [-0.05, 0) is 30.5 Å². The molecule has 0 spiro atoms. The molecule has 3 heterocycles. The Balaban J connectivity index is 1.68. The number of nitriles is 1. The average molecular weight is 370 g/mol. The van der Waals surface area contributed by atoms with Crippen LogP contribution in [0, 0.1) is 11.3 Å². The molecule has 1 amide bonds.